The van der Waals surface area contributed by atoms with E-state index < -0.39 is 12.1 Å². The molecule has 0 spiro atoms. The van der Waals surface area contributed by atoms with Gasteiger partial charge in [-0.3, -0.25) is 9.69 Å². The zero-order valence-corrected chi connectivity index (χ0v) is 17.9. The van der Waals surface area contributed by atoms with Crippen molar-refractivity contribution in [2.75, 3.05) is 25.2 Å². The lowest BCUT2D eigenvalue weighted by molar-refractivity contribution is -0.115. The van der Waals surface area contributed by atoms with E-state index in [9.17, 15) is 14.4 Å². The van der Waals surface area contributed by atoms with Crippen LogP contribution in [0.5, 0.6) is 11.5 Å². The van der Waals surface area contributed by atoms with E-state index in [1.807, 2.05) is 0 Å². The molecule has 0 aromatic heterocycles. The van der Waals surface area contributed by atoms with Crippen molar-refractivity contribution in [2.24, 2.45) is 0 Å². The molecule has 158 valence electrons. The number of hydrogen-bond acceptors (Lipinski definition) is 8. The summed E-state index contributed by atoms with van der Waals surface area (Å²) in [6.07, 6.45) is 1.11. The van der Waals surface area contributed by atoms with Gasteiger partial charge in [0.1, 0.15) is 22.4 Å². The number of rotatable bonds is 3. The summed E-state index contributed by atoms with van der Waals surface area (Å²) >= 11 is 6.19. The van der Waals surface area contributed by atoms with Crippen LogP contribution in [0.25, 0.3) is 6.08 Å². The number of hydrogen-bond donors (Lipinski definition) is 1. The Hall–Kier alpha value is -3.37. The second-order valence-corrected chi connectivity index (χ2v) is 8.18. The van der Waals surface area contributed by atoms with Gasteiger partial charge >= 0.3 is 12.1 Å². The summed E-state index contributed by atoms with van der Waals surface area (Å²) in [5.41, 5.74) is 1.60. The number of anilines is 1. The van der Waals surface area contributed by atoms with E-state index in [4.69, 9.17) is 21.7 Å². The molecular weight excluding hydrogens is 440 g/mol. The topological polar surface area (TPSA) is 94.2 Å². The number of benzene rings is 2. The number of thiocarbonyl (C=S) groups is 1. The fourth-order valence-electron chi connectivity index (χ4n) is 3.02. The number of nitrogens with one attached hydrogen (secondary N) is 1. The summed E-state index contributed by atoms with van der Waals surface area (Å²) < 4.78 is 16.2. The van der Waals surface area contributed by atoms with Crippen LogP contribution in [0.3, 0.4) is 0 Å². The number of thioether (sulfide) groups is 1. The third kappa shape index (κ3) is 4.54. The molecule has 0 radical (unpaired) electrons. The molecule has 1 fully saturated rings. The number of carbonyl (C=O) groups is 3. The predicted octanol–water partition coefficient (Wildman–Crippen LogP) is 3.36. The Kier molecular flexibility index (Phi) is 5.92. The summed E-state index contributed by atoms with van der Waals surface area (Å²) in [5.74, 6) is 0.0917. The zero-order valence-electron chi connectivity index (χ0n) is 16.2. The predicted molar refractivity (Wildman–Crippen MR) is 119 cm³/mol. The molecule has 0 unspecified atom stereocenters. The molecule has 0 atom stereocenters. The number of amides is 2. The molecule has 0 aliphatic carbocycles. The average Bonchev–Trinajstić information content (AvgIpc) is 3.09. The lowest BCUT2D eigenvalue weighted by atomic mass is 10.1. The highest BCUT2D eigenvalue weighted by Crippen LogP contribution is 2.35. The Morgan fingerprint density at radius 3 is 2.68 bits per heavy atom. The summed E-state index contributed by atoms with van der Waals surface area (Å²) in [7, 11) is 1.29. The van der Waals surface area contributed by atoms with E-state index in [1.54, 1.807) is 24.3 Å². The molecule has 31 heavy (non-hydrogen) atoms. The highest BCUT2D eigenvalue weighted by atomic mass is 32.2. The van der Waals surface area contributed by atoms with Crippen LogP contribution < -0.4 is 19.7 Å². The van der Waals surface area contributed by atoms with Gasteiger partial charge in [0.15, 0.2) is 0 Å². The van der Waals surface area contributed by atoms with Crippen LogP contribution in [0.4, 0.5) is 10.5 Å². The molecule has 2 heterocycles. The van der Waals surface area contributed by atoms with Gasteiger partial charge in [0, 0.05) is 0 Å². The first kappa shape index (κ1) is 20.9. The molecule has 8 nitrogen and oxygen atoms in total. The van der Waals surface area contributed by atoms with Gasteiger partial charge in [0.05, 0.1) is 29.8 Å². The molecule has 2 amide bonds. The van der Waals surface area contributed by atoms with E-state index >= 15 is 0 Å². The molecule has 2 aromatic rings. The zero-order chi connectivity index (χ0) is 22.0. The van der Waals surface area contributed by atoms with E-state index in [1.165, 1.54) is 48.0 Å². The van der Waals surface area contributed by atoms with Crippen molar-refractivity contribution < 1.29 is 28.6 Å². The van der Waals surface area contributed by atoms with Crippen molar-refractivity contribution >= 4 is 58.0 Å². The normalized spacial score (nSPS) is 16.4. The van der Waals surface area contributed by atoms with Crippen LogP contribution in [-0.4, -0.2) is 42.6 Å². The number of ether oxygens (including phenoxy) is 3. The van der Waals surface area contributed by atoms with Crippen LogP contribution >= 0.6 is 24.0 Å². The minimum absolute atomic E-state index is 0.254. The molecule has 0 saturated carbocycles. The van der Waals surface area contributed by atoms with Gasteiger partial charge in [-0.2, -0.15) is 0 Å². The number of esters is 1. The van der Waals surface area contributed by atoms with Gasteiger partial charge in [-0.15, -0.1) is 0 Å². The molecule has 4 rings (SSSR count). The van der Waals surface area contributed by atoms with Gasteiger partial charge in [-0.25, -0.2) is 9.59 Å². The van der Waals surface area contributed by atoms with E-state index in [2.05, 4.69) is 10.1 Å². The Morgan fingerprint density at radius 2 is 2.00 bits per heavy atom. The molecule has 2 aromatic carbocycles. The fraction of sp³-hybridized carbons (Fsp3) is 0.143. The largest absolute Gasteiger partial charge is 0.490 e. The molecule has 1 N–H and O–H groups in total. The SMILES string of the molecule is COC(=O)c1ccc(OC(=O)N2CCOc3ccc(/C=C4/SC(=S)NC4=O)cc32)cc1. The van der Waals surface area contributed by atoms with Crippen LogP contribution in [0.1, 0.15) is 15.9 Å². The summed E-state index contributed by atoms with van der Waals surface area (Å²) in [5, 5.41) is 2.57. The Labute approximate surface area is 187 Å². The number of nitrogens with zero attached hydrogens (tertiary/aromatic N) is 1. The van der Waals surface area contributed by atoms with Crippen LogP contribution in [0.15, 0.2) is 47.4 Å². The quantitative estimate of drug-likeness (QED) is 0.427. The van der Waals surface area contributed by atoms with E-state index in [0.29, 0.717) is 44.9 Å². The third-order valence-corrected chi connectivity index (χ3v) is 5.65. The van der Waals surface area contributed by atoms with Crippen molar-refractivity contribution in [3.8, 4) is 11.5 Å². The smallest absolute Gasteiger partial charge is 0.419 e. The lowest BCUT2D eigenvalue weighted by Gasteiger charge is -2.29. The Bertz CT molecular complexity index is 1110. The van der Waals surface area contributed by atoms with E-state index in [-0.39, 0.29) is 11.7 Å². The maximum atomic E-state index is 12.8. The number of fused-ring (bicyclic) bond motifs is 1. The van der Waals surface area contributed by atoms with Crippen molar-refractivity contribution in [1.82, 2.24) is 5.32 Å². The minimum Gasteiger partial charge on any atom is -0.490 e. The second kappa shape index (κ2) is 8.78. The van der Waals surface area contributed by atoms with Gasteiger partial charge in [-0.1, -0.05) is 30.0 Å². The molecule has 0 bridgehead atoms. The minimum atomic E-state index is -0.589. The standard InChI is InChI=1S/C21H16N2O6S2/c1-27-19(25)13-3-5-14(6-4-13)29-21(26)23-8-9-28-16-7-2-12(10-15(16)23)11-17-18(24)22-20(30)31-17/h2-7,10-11H,8-9H2,1H3,(H,22,24,30)/b17-11+. The van der Waals surface area contributed by atoms with Crippen molar-refractivity contribution in [3.05, 3.63) is 58.5 Å². The number of methoxy groups -OCH3 is 1. The summed E-state index contributed by atoms with van der Waals surface area (Å²) in [6.45, 7) is 0.613. The summed E-state index contributed by atoms with van der Waals surface area (Å²) in [6, 6.07) is 11.3. The molecular formula is C21H16N2O6S2. The maximum Gasteiger partial charge on any atom is 0.419 e. The third-order valence-electron chi connectivity index (χ3n) is 4.49. The molecule has 10 heteroatoms. The first-order valence-electron chi connectivity index (χ1n) is 9.14. The monoisotopic (exact) mass is 456 g/mol. The second-order valence-electron chi connectivity index (χ2n) is 6.46. The Morgan fingerprint density at radius 1 is 1.23 bits per heavy atom. The first-order chi connectivity index (χ1) is 14.9. The van der Waals surface area contributed by atoms with Gasteiger partial charge in [-0.05, 0) is 48.0 Å². The van der Waals surface area contributed by atoms with Crippen molar-refractivity contribution in [3.63, 3.8) is 0 Å². The fourth-order valence-corrected chi connectivity index (χ4v) is 4.06. The highest BCUT2D eigenvalue weighted by molar-refractivity contribution is 8.26. The summed E-state index contributed by atoms with van der Waals surface area (Å²) in [4.78, 5) is 38.2. The van der Waals surface area contributed by atoms with Gasteiger partial charge in [0.2, 0.25) is 0 Å². The molecule has 2 aliphatic rings. The van der Waals surface area contributed by atoms with Crippen molar-refractivity contribution in [1.29, 1.82) is 0 Å². The van der Waals surface area contributed by atoms with Crippen LogP contribution in [0.2, 0.25) is 0 Å². The molecule has 1 saturated heterocycles. The van der Waals surface area contributed by atoms with Crippen LogP contribution in [0, 0.1) is 0 Å². The Balaban J connectivity index is 1.55. The van der Waals surface area contributed by atoms with Gasteiger partial charge in [0.25, 0.3) is 5.91 Å². The first-order valence-corrected chi connectivity index (χ1v) is 10.4. The highest BCUT2D eigenvalue weighted by Gasteiger charge is 2.27. The van der Waals surface area contributed by atoms with Crippen molar-refractivity contribution in [2.45, 2.75) is 0 Å². The number of carbonyl (C=O) groups excluding carboxylic acids is 3. The molecule has 2 aliphatic heterocycles. The average molecular weight is 457 g/mol. The van der Waals surface area contributed by atoms with Gasteiger partial charge < -0.3 is 19.5 Å². The van der Waals surface area contributed by atoms with E-state index in [0.717, 1.165) is 0 Å². The van der Waals surface area contributed by atoms with Crippen LogP contribution in [-0.2, 0) is 9.53 Å². The lowest BCUT2D eigenvalue weighted by Crippen LogP contribution is -2.39. The maximum absolute atomic E-state index is 12.8.